The van der Waals surface area contributed by atoms with Gasteiger partial charge in [-0.05, 0) is 30.3 Å². The minimum Gasteiger partial charge on any atom is -0.392 e. The molecule has 0 saturated heterocycles. The van der Waals surface area contributed by atoms with Crippen LogP contribution in [-0.2, 0) is 12.8 Å². The van der Waals surface area contributed by atoms with Crippen molar-refractivity contribution in [3.05, 3.63) is 82.7 Å². The molecular formula is C19H12F4N4O2. The zero-order chi connectivity index (χ0) is 21.2. The molecule has 0 fully saturated rings. The van der Waals surface area contributed by atoms with Gasteiger partial charge in [-0.15, -0.1) is 0 Å². The van der Waals surface area contributed by atoms with Gasteiger partial charge in [-0.3, -0.25) is 4.79 Å². The largest absolute Gasteiger partial charge is 0.435 e. The number of hydrogen-bond donors (Lipinski definition) is 2. The van der Waals surface area contributed by atoms with E-state index in [0.29, 0.717) is 6.07 Å². The van der Waals surface area contributed by atoms with Gasteiger partial charge in [0.2, 0.25) is 0 Å². The van der Waals surface area contributed by atoms with Gasteiger partial charge in [0.1, 0.15) is 11.5 Å². The lowest BCUT2D eigenvalue weighted by atomic mass is 10.2. The van der Waals surface area contributed by atoms with Crippen LogP contribution in [0.1, 0.15) is 21.7 Å². The molecule has 0 bridgehead atoms. The maximum absolute atomic E-state index is 13.5. The van der Waals surface area contributed by atoms with Crippen molar-refractivity contribution >= 4 is 17.3 Å². The molecule has 0 aliphatic rings. The van der Waals surface area contributed by atoms with Crippen LogP contribution in [0.4, 0.5) is 28.9 Å². The Morgan fingerprint density at radius 2 is 1.97 bits per heavy atom. The first-order chi connectivity index (χ1) is 13.7. The molecule has 0 radical (unpaired) electrons. The molecule has 29 heavy (non-hydrogen) atoms. The van der Waals surface area contributed by atoms with Crippen LogP contribution in [-0.4, -0.2) is 20.8 Å². The minimum absolute atomic E-state index is 0.0802. The molecule has 1 amide bonds. The number of rotatable bonds is 4. The second kappa shape index (κ2) is 7.73. The Morgan fingerprint density at radius 1 is 1.21 bits per heavy atom. The average molecular weight is 404 g/mol. The lowest BCUT2D eigenvalue weighted by molar-refractivity contribution is -0.141. The molecule has 2 aromatic carbocycles. The Labute approximate surface area is 161 Å². The molecule has 2 N–H and O–H groups in total. The number of aromatic nitrogens is 2. The molecule has 0 aliphatic heterocycles. The van der Waals surface area contributed by atoms with E-state index in [1.165, 1.54) is 30.3 Å². The Balaban J connectivity index is 2.04. The van der Waals surface area contributed by atoms with Crippen molar-refractivity contribution in [2.24, 2.45) is 0 Å². The van der Waals surface area contributed by atoms with Crippen molar-refractivity contribution in [1.82, 2.24) is 9.78 Å². The Morgan fingerprint density at radius 3 is 2.62 bits per heavy atom. The molecule has 0 aliphatic carbocycles. The van der Waals surface area contributed by atoms with E-state index in [-0.39, 0.29) is 22.6 Å². The summed E-state index contributed by atoms with van der Waals surface area (Å²) in [6, 6.07) is 9.57. The number of nitrogens with zero attached hydrogens (tertiary/aromatic N) is 3. The quantitative estimate of drug-likeness (QED) is 0.502. The summed E-state index contributed by atoms with van der Waals surface area (Å²) in [4.78, 5) is 15.8. The van der Waals surface area contributed by atoms with E-state index in [1.54, 1.807) is 0 Å². The molecule has 0 spiro atoms. The summed E-state index contributed by atoms with van der Waals surface area (Å²) in [6.45, 7) is 6.42. The molecule has 1 aromatic heterocycles. The topological polar surface area (TPSA) is 71.5 Å². The first-order valence-electron chi connectivity index (χ1n) is 8.08. The summed E-state index contributed by atoms with van der Waals surface area (Å²) in [5.41, 5.74) is -1.48. The fraction of sp³-hybridized carbons (Fsp3) is 0.105. The predicted octanol–water partition coefficient (Wildman–Crippen LogP) is 4.33. The van der Waals surface area contributed by atoms with Gasteiger partial charge in [-0.2, -0.15) is 18.3 Å². The van der Waals surface area contributed by atoms with E-state index in [0.717, 1.165) is 16.8 Å². The molecule has 0 atom stereocenters. The molecule has 3 rings (SSSR count). The van der Waals surface area contributed by atoms with E-state index in [9.17, 15) is 22.4 Å². The Hall–Kier alpha value is -3.71. The third-order valence-electron chi connectivity index (χ3n) is 3.91. The lowest BCUT2D eigenvalue weighted by Gasteiger charge is -2.10. The Kier molecular flexibility index (Phi) is 5.34. The van der Waals surface area contributed by atoms with Crippen molar-refractivity contribution in [1.29, 1.82) is 0 Å². The van der Waals surface area contributed by atoms with Gasteiger partial charge in [0.05, 0.1) is 18.9 Å². The van der Waals surface area contributed by atoms with Gasteiger partial charge in [0.25, 0.3) is 5.91 Å². The van der Waals surface area contributed by atoms with Gasteiger partial charge in [-0.1, -0.05) is 12.1 Å². The number of alkyl halides is 3. The monoisotopic (exact) mass is 404 g/mol. The van der Waals surface area contributed by atoms with E-state index >= 15 is 0 Å². The van der Waals surface area contributed by atoms with Crippen LogP contribution in [0.3, 0.4) is 0 Å². The normalized spacial score (nSPS) is 11.2. The molecule has 6 nitrogen and oxygen atoms in total. The third-order valence-corrected chi connectivity index (χ3v) is 3.91. The van der Waals surface area contributed by atoms with Crippen molar-refractivity contribution in [3.8, 4) is 5.69 Å². The average Bonchev–Trinajstić information content (AvgIpc) is 3.15. The molecule has 1 heterocycles. The van der Waals surface area contributed by atoms with Crippen molar-refractivity contribution < 1.29 is 27.5 Å². The zero-order valence-electron chi connectivity index (χ0n) is 14.5. The van der Waals surface area contributed by atoms with E-state index < -0.39 is 35.9 Å². The molecule has 148 valence electrons. The van der Waals surface area contributed by atoms with Gasteiger partial charge >= 0.3 is 6.18 Å². The number of nitrogens with one attached hydrogen (secondary N) is 1. The Bertz CT molecular complexity index is 1120. The van der Waals surface area contributed by atoms with Crippen LogP contribution in [0.5, 0.6) is 0 Å². The van der Waals surface area contributed by atoms with Gasteiger partial charge in [-0.25, -0.2) is 13.9 Å². The summed E-state index contributed by atoms with van der Waals surface area (Å²) in [7, 11) is 0. The number of halogens is 4. The van der Waals surface area contributed by atoms with Gasteiger partial charge < -0.3 is 10.4 Å². The maximum atomic E-state index is 13.5. The van der Waals surface area contributed by atoms with E-state index in [1.807, 2.05) is 0 Å². The van der Waals surface area contributed by atoms with Crippen LogP contribution >= 0.6 is 0 Å². The smallest absolute Gasteiger partial charge is 0.392 e. The first kappa shape index (κ1) is 20.0. The fourth-order valence-electron chi connectivity index (χ4n) is 2.54. The molecule has 0 unspecified atom stereocenters. The summed E-state index contributed by atoms with van der Waals surface area (Å²) in [6.07, 6.45) is -4.79. The SMILES string of the molecule is [C-]#[N+]c1cccc(-n2nc(C(F)(F)F)cc2C(=O)Nc2ccc(F)c(CO)c2)c1. The van der Waals surface area contributed by atoms with Gasteiger partial charge in [0, 0.05) is 17.3 Å². The van der Waals surface area contributed by atoms with E-state index in [4.69, 9.17) is 11.7 Å². The van der Waals surface area contributed by atoms with Crippen molar-refractivity contribution in [3.63, 3.8) is 0 Å². The first-order valence-corrected chi connectivity index (χ1v) is 8.08. The van der Waals surface area contributed by atoms with Crippen LogP contribution in [0.25, 0.3) is 10.5 Å². The highest BCUT2D eigenvalue weighted by atomic mass is 19.4. The maximum Gasteiger partial charge on any atom is 0.435 e. The number of carbonyl (C=O) groups excluding carboxylic acids is 1. The number of amides is 1. The number of anilines is 1. The summed E-state index contributed by atoms with van der Waals surface area (Å²) in [5.74, 6) is -1.62. The number of hydrogen-bond acceptors (Lipinski definition) is 3. The minimum atomic E-state index is -4.79. The molecular weight excluding hydrogens is 392 g/mol. The summed E-state index contributed by atoms with van der Waals surface area (Å²) >= 11 is 0. The van der Waals surface area contributed by atoms with Crippen LogP contribution in [0, 0.1) is 12.4 Å². The fourth-order valence-corrected chi connectivity index (χ4v) is 2.54. The number of aliphatic hydroxyl groups is 1. The van der Waals surface area contributed by atoms with Crippen LogP contribution in [0.2, 0.25) is 0 Å². The lowest BCUT2D eigenvalue weighted by Crippen LogP contribution is -2.17. The summed E-state index contributed by atoms with van der Waals surface area (Å²) < 4.78 is 53.7. The second-order valence-electron chi connectivity index (χ2n) is 5.87. The second-order valence-corrected chi connectivity index (χ2v) is 5.87. The molecule has 10 heteroatoms. The number of aliphatic hydroxyl groups excluding tert-OH is 1. The van der Waals surface area contributed by atoms with Crippen LogP contribution in [0.15, 0.2) is 48.5 Å². The van der Waals surface area contributed by atoms with Crippen molar-refractivity contribution in [2.75, 3.05) is 5.32 Å². The third kappa shape index (κ3) is 4.25. The number of benzene rings is 2. The predicted molar refractivity (Wildman–Crippen MR) is 95.1 cm³/mol. The van der Waals surface area contributed by atoms with Gasteiger partial charge in [0.15, 0.2) is 11.4 Å². The zero-order valence-corrected chi connectivity index (χ0v) is 14.5. The molecule has 3 aromatic rings. The van der Waals surface area contributed by atoms with Crippen LogP contribution < -0.4 is 5.32 Å². The number of carbonyl (C=O) groups is 1. The summed E-state index contributed by atoms with van der Waals surface area (Å²) in [5, 5.41) is 14.9. The highest BCUT2D eigenvalue weighted by Gasteiger charge is 2.36. The highest BCUT2D eigenvalue weighted by Crippen LogP contribution is 2.30. The highest BCUT2D eigenvalue weighted by molar-refractivity contribution is 6.03. The van der Waals surface area contributed by atoms with E-state index in [2.05, 4.69) is 15.3 Å². The molecule has 0 saturated carbocycles. The standard InChI is InChI=1S/C19H12F4N4O2/c1-24-12-3-2-4-14(8-12)27-16(9-17(26-27)19(21,22)23)18(29)25-13-5-6-15(20)11(7-13)10-28/h2-9,28H,10H2,(H,25,29). The van der Waals surface area contributed by atoms with Crippen molar-refractivity contribution in [2.45, 2.75) is 12.8 Å².